The molecule has 1 fully saturated rings. The number of likely N-dealkylation sites (tertiary alicyclic amines) is 1. The van der Waals surface area contributed by atoms with Crippen LogP contribution in [0.5, 0.6) is 11.5 Å². The third-order valence-electron chi connectivity index (χ3n) is 8.27. The van der Waals surface area contributed by atoms with E-state index in [-0.39, 0.29) is 23.7 Å². The van der Waals surface area contributed by atoms with E-state index in [2.05, 4.69) is 19.2 Å². The zero-order valence-corrected chi connectivity index (χ0v) is 27.0. The number of Topliss-reactive ketones (excluding diaryl/α,β-unsaturated/α-hetero) is 1. The summed E-state index contributed by atoms with van der Waals surface area (Å²) < 4.78 is 13.8. The molecule has 1 aromatic heterocycles. The molecule has 1 amide bonds. The lowest BCUT2D eigenvalue weighted by atomic mass is 9.73. The number of rotatable bonds is 9. The van der Waals surface area contributed by atoms with Crippen LogP contribution in [0.2, 0.25) is 5.02 Å². The zero-order valence-electron chi connectivity index (χ0n) is 25.4. The number of nitrogens with one attached hydrogen (secondary N) is 1. The molecule has 6 rings (SSSR count). The molecule has 1 saturated heterocycles. The second-order valence-corrected chi connectivity index (χ2v) is 13.6. The average molecular weight is 636 g/mol. The number of amides is 1. The quantitative estimate of drug-likeness (QED) is 0.260. The number of carbonyl (C=O) groups is 2. The van der Waals surface area contributed by atoms with E-state index < -0.39 is 6.04 Å². The summed E-state index contributed by atoms with van der Waals surface area (Å²) in [6.45, 7) is 8.05. The van der Waals surface area contributed by atoms with Crippen molar-refractivity contribution >= 4 is 41.0 Å². The number of benzene rings is 2. The highest BCUT2D eigenvalue weighted by molar-refractivity contribution is 7.98. The van der Waals surface area contributed by atoms with Crippen LogP contribution in [0.15, 0.2) is 58.9 Å². The van der Waals surface area contributed by atoms with E-state index in [4.69, 9.17) is 31.2 Å². The van der Waals surface area contributed by atoms with Crippen molar-refractivity contribution in [3.63, 3.8) is 0 Å². The molecule has 3 aliphatic rings. The van der Waals surface area contributed by atoms with Crippen LogP contribution in [0.4, 0.5) is 5.95 Å². The van der Waals surface area contributed by atoms with E-state index >= 15 is 0 Å². The Labute approximate surface area is 267 Å². The van der Waals surface area contributed by atoms with Crippen LogP contribution < -0.4 is 14.8 Å². The zero-order chi connectivity index (χ0) is 30.8. The Morgan fingerprint density at radius 1 is 1.09 bits per heavy atom. The topological polar surface area (TPSA) is 98.6 Å². The molecule has 44 heavy (non-hydrogen) atoms. The second-order valence-electron chi connectivity index (χ2n) is 12.3. The van der Waals surface area contributed by atoms with Gasteiger partial charge in [0.15, 0.2) is 23.9 Å². The van der Waals surface area contributed by atoms with Gasteiger partial charge in [-0.2, -0.15) is 4.98 Å². The predicted molar refractivity (Wildman–Crippen MR) is 171 cm³/mol. The first-order valence-corrected chi connectivity index (χ1v) is 16.6. The molecular weight excluding hydrogens is 598 g/mol. The van der Waals surface area contributed by atoms with E-state index in [0.717, 1.165) is 55.6 Å². The van der Waals surface area contributed by atoms with Crippen LogP contribution in [0.1, 0.15) is 70.0 Å². The van der Waals surface area contributed by atoms with Crippen LogP contribution in [0.25, 0.3) is 0 Å². The smallest absolute Gasteiger partial charge is 0.260 e. The number of hydrogen-bond donors (Lipinski definition) is 1. The standard InChI is InChI=1S/C33H38ClN5O4S/c1-4-42-27-16-21(12-13-26(27)43-19-28(41)38-14-8-5-9-15-38)30-29-24(17-33(2,3)18-25(29)40)35-31-36-32(37-39(30)31)44-20-22-10-6-7-11-23(22)34/h6-7,10-13,16,30H,4-5,8-9,14-15,17-20H2,1-3H3,(H,35,36,37). The minimum Gasteiger partial charge on any atom is -0.490 e. The van der Waals surface area contributed by atoms with E-state index in [1.54, 1.807) is 4.68 Å². The Bertz CT molecular complexity index is 1600. The number of ether oxygens (including phenoxy) is 2. The van der Waals surface area contributed by atoms with E-state index in [1.807, 2.05) is 54.3 Å². The van der Waals surface area contributed by atoms with Gasteiger partial charge in [-0.25, -0.2) is 4.68 Å². The SMILES string of the molecule is CCOc1cc(C2C3=C(CC(C)(C)CC3=O)Nc3nc(SCc4ccccc4Cl)nn32)ccc1OCC(=O)N1CCCCC1. The third kappa shape index (κ3) is 6.47. The molecular formula is C33H38ClN5O4S. The summed E-state index contributed by atoms with van der Waals surface area (Å²) in [5, 5.41) is 9.61. The number of hydrogen-bond acceptors (Lipinski definition) is 8. The van der Waals surface area contributed by atoms with Crippen LogP contribution in [-0.2, 0) is 15.3 Å². The normalized spacial score (nSPS) is 19.2. The monoisotopic (exact) mass is 635 g/mol. The van der Waals surface area contributed by atoms with Crippen molar-refractivity contribution in [2.75, 3.05) is 31.6 Å². The summed E-state index contributed by atoms with van der Waals surface area (Å²) in [5.41, 5.74) is 3.23. The predicted octanol–water partition coefficient (Wildman–Crippen LogP) is 6.67. The molecule has 1 atom stereocenters. The molecule has 2 aromatic carbocycles. The fourth-order valence-corrected chi connectivity index (χ4v) is 7.29. The summed E-state index contributed by atoms with van der Waals surface area (Å²) in [7, 11) is 0. The van der Waals surface area contributed by atoms with Crippen LogP contribution in [-0.4, -0.2) is 57.7 Å². The van der Waals surface area contributed by atoms with Gasteiger partial charge in [0.1, 0.15) is 6.04 Å². The van der Waals surface area contributed by atoms with Gasteiger partial charge in [0.25, 0.3) is 5.91 Å². The molecule has 0 saturated carbocycles. The van der Waals surface area contributed by atoms with Gasteiger partial charge in [0.05, 0.1) is 6.61 Å². The molecule has 1 aliphatic carbocycles. The first-order valence-electron chi connectivity index (χ1n) is 15.3. The Morgan fingerprint density at radius 3 is 2.66 bits per heavy atom. The van der Waals surface area contributed by atoms with Crippen molar-refractivity contribution in [1.29, 1.82) is 0 Å². The fraction of sp³-hybridized carbons (Fsp3) is 0.455. The van der Waals surface area contributed by atoms with E-state index in [1.165, 1.54) is 11.8 Å². The molecule has 2 aliphatic heterocycles. The summed E-state index contributed by atoms with van der Waals surface area (Å²) in [5.74, 6) is 2.29. The maximum Gasteiger partial charge on any atom is 0.260 e. The Balaban J connectivity index is 1.32. The summed E-state index contributed by atoms with van der Waals surface area (Å²) in [4.78, 5) is 33.2. The summed E-state index contributed by atoms with van der Waals surface area (Å²) in [6, 6.07) is 12.9. The van der Waals surface area contributed by atoms with Gasteiger partial charge in [0, 0.05) is 41.6 Å². The summed E-state index contributed by atoms with van der Waals surface area (Å²) in [6.07, 6.45) is 4.38. The number of piperidine rings is 1. The van der Waals surface area contributed by atoms with Crippen molar-refractivity contribution in [3.8, 4) is 11.5 Å². The van der Waals surface area contributed by atoms with E-state index in [0.29, 0.717) is 52.0 Å². The molecule has 0 spiro atoms. The Morgan fingerprint density at radius 2 is 1.89 bits per heavy atom. The highest BCUT2D eigenvalue weighted by Crippen LogP contribution is 2.47. The molecule has 232 valence electrons. The number of aromatic nitrogens is 3. The van der Waals surface area contributed by atoms with Crippen LogP contribution in [0, 0.1) is 5.41 Å². The molecule has 3 aromatic rings. The molecule has 1 unspecified atom stereocenters. The van der Waals surface area contributed by atoms with Gasteiger partial charge >= 0.3 is 0 Å². The van der Waals surface area contributed by atoms with Gasteiger partial charge in [-0.1, -0.05) is 61.5 Å². The van der Waals surface area contributed by atoms with Crippen molar-refractivity contribution in [3.05, 3.63) is 69.9 Å². The first-order chi connectivity index (χ1) is 21.2. The minimum absolute atomic E-state index is 0.0196. The molecule has 11 heteroatoms. The fourth-order valence-electron chi connectivity index (χ4n) is 6.17. The van der Waals surface area contributed by atoms with Gasteiger partial charge < -0.3 is 19.7 Å². The number of ketones is 1. The lowest BCUT2D eigenvalue weighted by molar-refractivity contribution is -0.134. The lowest BCUT2D eigenvalue weighted by Gasteiger charge is -2.38. The number of carbonyl (C=O) groups excluding carboxylic acids is 2. The third-order valence-corrected chi connectivity index (χ3v) is 9.53. The number of allylic oxidation sites excluding steroid dienone is 2. The Hall–Kier alpha value is -3.50. The molecule has 0 radical (unpaired) electrons. The largest absolute Gasteiger partial charge is 0.490 e. The molecule has 3 heterocycles. The number of fused-ring (bicyclic) bond motifs is 1. The maximum absolute atomic E-state index is 13.7. The lowest BCUT2D eigenvalue weighted by Crippen LogP contribution is -2.38. The van der Waals surface area contributed by atoms with Crippen LogP contribution >= 0.6 is 23.4 Å². The average Bonchev–Trinajstić information content (AvgIpc) is 3.41. The van der Waals surface area contributed by atoms with Crippen molar-refractivity contribution in [2.45, 2.75) is 69.8 Å². The molecule has 0 bridgehead atoms. The number of nitrogens with zero attached hydrogens (tertiary/aromatic N) is 4. The van der Waals surface area contributed by atoms with E-state index in [9.17, 15) is 9.59 Å². The van der Waals surface area contributed by atoms with Gasteiger partial charge in [0.2, 0.25) is 11.1 Å². The van der Waals surface area contributed by atoms with Gasteiger partial charge in [-0.05, 0) is 67.3 Å². The van der Waals surface area contributed by atoms with Gasteiger partial charge in [-0.3, -0.25) is 9.59 Å². The first kappa shape index (κ1) is 30.5. The van der Waals surface area contributed by atoms with Crippen molar-refractivity contribution < 1.29 is 19.1 Å². The molecule has 9 nitrogen and oxygen atoms in total. The van der Waals surface area contributed by atoms with Crippen molar-refractivity contribution in [1.82, 2.24) is 19.7 Å². The highest BCUT2D eigenvalue weighted by Gasteiger charge is 2.42. The molecule has 1 N–H and O–H groups in total. The maximum atomic E-state index is 13.7. The number of anilines is 1. The second kappa shape index (κ2) is 12.9. The number of halogens is 1. The van der Waals surface area contributed by atoms with Crippen molar-refractivity contribution in [2.24, 2.45) is 5.41 Å². The van der Waals surface area contributed by atoms with Crippen LogP contribution in [0.3, 0.4) is 0 Å². The number of thioether (sulfide) groups is 1. The minimum atomic E-state index is -0.491. The highest BCUT2D eigenvalue weighted by atomic mass is 35.5. The van der Waals surface area contributed by atoms with Gasteiger partial charge in [-0.15, -0.1) is 5.10 Å². The Kier molecular flexibility index (Phi) is 8.91. The summed E-state index contributed by atoms with van der Waals surface area (Å²) >= 11 is 7.89.